The molecule has 19 heavy (non-hydrogen) atoms. The fourth-order valence-electron chi connectivity index (χ4n) is 1.65. The Morgan fingerprint density at radius 1 is 1.42 bits per heavy atom. The largest absolute Gasteiger partial charge is 0.334 e. The number of hydrogen-bond acceptors (Lipinski definition) is 5. The van der Waals surface area contributed by atoms with E-state index in [0.29, 0.717) is 12.4 Å². The van der Waals surface area contributed by atoms with Crippen molar-refractivity contribution < 1.29 is 8.42 Å². The summed E-state index contributed by atoms with van der Waals surface area (Å²) in [5, 5.41) is 7.47. The Balaban J connectivity index is 2.42. The Labute approximate surface area is 112 Å². The summed E-state index contributed by atoms with van der Waals surface area (Å²) in [6, 6.07) is 3.21. The molecule has 0 saturated heterocycles. The normalized spacial score (nSPS) is 11.5. The quantitative estimate of drug-likeness (QED) is 0.829. The second-order valence-electron chi connectivity index (χ2n) is 3.97. The molecular formula is C11H15N5O2S. The molecule has 0 amide bonds. The molecule has 0 atom stereocenters. The number of aromatic nitrogens is 4. The lowest BCUT2D eigenvalue weighted by molar-refractivity contribution is 0.590. The van der Waals surface area contributed by atoms with Gasteiger partial charge in [0.25, 0.3) is 10.0 Å². The Bertz CT molecular complexity index is 666. The standard InChI is InChI=1S/C11H15N5O2S/c1-4-16-8-11(13-9(16)2)19(17,18)15(3)10-6-5-7-12-14-10/h5-8H,4H2,1-3H3. The number of nitrogens with zero attached hydrogens (tertiary/aromatic N) is 5. The molecule has 102 valence electrons. The lowest BCUT2D eigenvalue weighted by atomic mass is 10.5. The molecule has 0 fully saturated rings. The molecule has 0 bridgehead atoms. The molecule has 8 heteroatoms. The number of imidazole rings is 1. The van der Waals surface area contributed by atoms with Gasteiger partial charge in [-0.2, -0.15) is 13.5 Å². The maximum absolute atomic E-state index is 12.4. The van der Waals surface area contributed by atoms with Crippen molar-refractivity contribution in [1.29, 1.82) is 0 Å². The summed E-state index contributed by atoms with van der Waals surface area (Å²) < 4.78 is 27.6. The Morgan fingerprint density at radius 2 is 2.16 bits per heavy atom. The van der Waals surface area contributed by atoms with Crippen LogP contribution in [-0.2, 0) is 16.6 Å². The summed E-state index contributed by atoms with van der Waals surface area (Å²) in [6.07, 6.45) is 3.01. The van der Waals surface area contributed by atoms with Crippen LogP contribution in [0.3, 0.4) is 0 Å². The fourth-order valence-corrected chi connectivity index (χ4v) is 2.78. The van der Waals surface area contributed by atoms with Gasteiger partial charge in [-0.1, -0.05) is 0 Å². The highest BCUT2D eigenvalue weighted by Crippen LogP contribution is 2.18. The Kier molecular flexibility index (Phi) is 3.52. The summed E-state index contributed by atoms with van der Waals surface area (Å²) in [4.78, 5) is 4.08. The fraction of sp³-hybridized carbons (Fsp3) is 0.364. The van der Waals surface area contributed by atoms with Gasteiger partial charge in [0.2, 0.25) is 0 Å². The first kappa shape index (κ1) is 13.5. The second kappa shape index (κ2) is 4.96. The topological polar surface area (TPSA) is 81.0 Å². The summed E-state index contributed by atoms with van der Waals surface area (Å²) >= 11 is 0. The SMILES string of the molecule is CCn1cc(S(=O)(=O)N(C)c2cccnn2)nc1C. The van der Waals surface area contributed by atoms with E-state index in [1.165, 1.54) is 19.4 Å². The summed E-state index contributed by atoms with van der Waals surface area (Å²) in [6.45, 7) is 4.37. The van der Waals surface area contributed by atoms with Crippen LogP contribution >= 0.6 is 0 Å². The smallest absolute Gasteiger partial charge is 0.284 e. The predicted molar refractivity (Wildman–Crippen MR) is 70.3 cm³/mol. The zero-order valence-electron chi connectivity index (χ0n) is 11.0. The van der Waals surface area contributed by atoms with Gasteiger partial charge in [0.05, 0.1) is 0 Å². The van der Waals surface area contributed by atoms with Crippen LogP contribution in [0.4, 0.5) is 5.82 Å². The second-order valence-corrected chi connectivity index (χ2v) is 5.88. The zero-order valence-corrected chi connectivity index (χ0v) is 11.8. The predicted octanol–water partition coefficient (Wildman–Crippen LogP) is 0.827. The average Bonchev–Trinajstić information content (AvgIpc) is 2.81. The van der Waals surface area contributed by atoms with E-state index in [2.05, 4.69) is 15.2 Å². The first-order valence-corrected chi connectivity index (χ1v) is 7.21. The minimum atomic E-state index is -3.70. The number of sulfonamides is 1. The molecule has 0 N–H and O–H groups in total. The summed E-state index contributed by atoms with van der Waals surface area (Å²) in [7, 11) is -2.27. The molecule has 0 aliphatic heterocycles. The summed E-state index contributed by atoms with van der Waals surface area (Å²) in [5.74, 6) is 0.917. The van der Waals surface area contributed by atoms with Crippen LogP contribution < -0.4 is 4.31 Å². The van der Waals surface area contributed by atoms with E-state index in [4.69, 9.17) is 0 Å². The molecule has 0 aromatic carbocycles. The first-order chi connectivity index (χ1) is 8.96. The first-order valence-electron chi connectivity index (χ1n) is 5.77. The molecule has 2 rings (SSSR count). The molecule has 2 aromatic heterocycles. The van der Waals surface area contributed by atoms with Crippen LogP contribution in [0.25, 0.3) is 0 Å². The Morgan fingerprint density at radius 3 is 2.68 bits per heavy atom. The zero-order chi connectivity index (χ0) is 14.0. The van der Waals surface area contributed by atoms with Crippen molar-refractivity contribution in [2.75, 3.05) is 11.4 Å². The van der Waals surface area contributed by atoms with Crippen molar-refractivity contribution in [2.45, 2.75) is 25.4 Å². The van der Waals surface area contributed by atoms with Gasteiger partial charge < -0.3 is 4.57 Å². The van der Waals surface area contributed by atoms with Crippen molar-refractivity contribution in [3.8, 4) is 0 Å². The van der Waals surface area contributed by atoms with Crippen LogP contribution in [0.1, 0.15) is 12.7 Å². The molecule has 0 aliphatic carbocycles. The van der Waals surface area contributed by atoms with Gasteiger partial charge in [0, 0.05) is 26.0 Å². The Hall–Kier alpha value is -1.96. The molecule has 0 radical (unpaired) electrons. The van der Waals surface area contributed by atoms with E-state index in [-0.39, 0.29) is 10.8 Å². The third-order valence-electron chi connectivity index (χ3n) is 2.80. The van der Waals surface area contributed by atoms with Gasteiger partial charge in [-0.05, 0) is 26.0 Å². The maximum atomic E-state index is 12.4. The molecule has 0 aliphatic rings. The van der Waals surface area contributed by atoms with Gasteiger partial charge in [0.15, 0.2) is 10.8 Å². The number of aryl methyl sites for hydroxylation is 2. The monoisotopic (exact) mass is 281 g/mol. The van der Waals surface area contributed by atoms with E-state index in [1.54, 1.807) is 23.6 Å². The van der Waals surface area contributed by atoms with Crippen LogP contribution in [-0.4, -0.2) is 35.2 Å². The lowest BCUT2D eigenvalue weighted by Crippen LogP contribution is -2.27. The van der Waals surface area contributed by atoms with E-state index in [1.807, 2.05) is 6.92 Å². The van der Waals surface area contributed by atoms with Crippen molar-refractivity contribution in [1.82, 2.24) is 19.7 Å². The third kappa shape index (κ3) is 2.43. The van der Waals surface area contributed by atoms with Crippen molar-refractivity contribution in [2.24, 2.45) is 0 Å². The van der Waals surface area contributed by atoms with Gasteiger partial charge in [-0.25, -0.2) is 4.98 Å². The number of hydrogen-bond donors (Lipinski definition) is 0. The number of rotatable bonds is 4. The average molecular weight is 281 g/mol. The molecule has 0 saturated carbocycles. The van der Waals surface area contributed by atoms with Gasteiger partial charge in [-0.3, -0.25) is 4.31 Å². The lowest BCUT2D eigenvalue weighted by Gasteiger charge is -2.15. The molecule has 7 nitrogen and oxygen atoms in total. The number of anilines is 1. The van der Waals surface area contributed by atoms with Crippen LogP contribution in [0, 0.1) is 6.92 Å². The van der Waals surface area contributed by atoms with Gasteiger partial charge in [0.1, 0.15) is 5.82 Å². The van der Waals surface area contributed by atoms with E-state index in [9.17, 15) is 8.42 Å². The van der Waals surface area contributed by atoms with Crippen molar-refractivity contribution in [3.63, 3.8) is 0 Å². The maximum Gasteiger partial charge on any atom is 0.284 e. The van der Waals surface area contributed by atoms with E-state index >= 15 is 0 Å². The third-order valence-corrected chi connectivity index (χ3v) is 4.43. The van der Waals surface area contributed by atoms with Gasteiger partial charge >= 0.3 is 0 Å². The molecule has 2 heterocycles. The molecule has 0 spiro atoms. The molecule has 2 aromatic rings. The van der Waals surface area contributed by atoms with Crippen molar-refractivity contribution >= 4 is 15.8 Å². The summed E-state index contributed by atoms with van der Waals surface area (Å²) in [5.41, 5.74) is 0. The highest BCUT2D eigenvalue weighted by Gasteiger charge is 2.25. The molecular weight excluding hydrogens is 266 g/mol. The highest BCUT2D eigenvalue weighted by atomic mass is 32.2. The minimum Gasteiger partial charge on any atom is -0.334 e. The van der Waals surface area contributed by atoms with Crippen LogP contribution in [0.15, 0.2) is 29.6 Å². The van der Waals surface area contributed by atoms with Gasteiger partial charge in [-0.15, -0.1) is 5.10 Å². The van der Waals surface area contributed by atoms with Crippen molar-refractivity contribution in [3.05, 3.63) is 30.4 Å². The minimum absolute atomic E-state index is 0.0139. The van der Waals surface area contributed by atoms with Crippen LogP contribution in [0.5, 0.6) is 0 Å². The van der Waals surface area contributed by atoms with E-state index < -0.39 is 10.0 Å². The van der Waals surface area contributed by atoms with E-state index in [0.717, 1.165) is 4.31 Å². The van der Waals surface area contributed by atoms with Crippen LogP contribution in [0.2, 0.25) is 0 Å². The molecule has 0 unspecified atom stereocenters. The highest BCUT2D eigenvalue weighted by molar-refractivity contribution is 7.92.